The zero-order valence-corrected chi connectivity index (χ0v) is 12.4. The van der Waals surface area contributed by atoms with E-state index in [1.807, 2.05) is 18.4 Å². The van der Waals surface area contributed by atoms with E-state index in [0.717, 1.165) is 12.8 Å². The van der Waals surface area contributed by atoms with Crippen LogP contribution in [0.15, 0.2) is 12.3 Å². The standard InChI is InChI=1S/C14H19ClN2O3/c1-8(2)5-11(14(19)20)16-13(18)12-6-9(15)7-17(12)10-3-4-10/h6-8,10-11H,3-5H2,1-2H3,(H,16,18)(H,19,20). The summed E-state index contributed by atoms with van der Waals surface area (Å²) in [6, 6.07) is 1.03. The molecule has 110 valence electrons. The van der Waals surface area contributed by atoms with Crippen LogP contribution in [-0.2, 0) is 4.79 Å². The van der Waals surface area contributed by atoms with Gasteiger partial charge in [-0.15, -0.1) is 0 Å². The molecule has 0 bridgehead atoms. The Morgan fingerprint density at radius 3 is 2.65 bits per heavy atom. The summed E-state index contributed by atoms with van der Waals surface area (Å²) in [6.45, 7) is 3.84. The van der Waals surface area contributed by atoms with Crippen LogP contribution >= 0.6 is 11.6 Å². The smallest absolute Gasteiger partial charge is 0.326 e. The number of amides is 1. The van der Waals surface area contributed by atoms with Gasteiger partial charge in [0.2, 0.25) is 0 Å². The molecule has 1 amide bonds. The number of carbonyl (C=O) groups excluding carboxylic acids is 1. The molecule has 20 heavy (non-hydrogen) atoms. The molecule has 0 radical (unpaired) electrons. The van der Waals surface area contributed by atoms with Gasteiger partial charge in [-0.1, -0.05) is 25.4 Å². The SMILES string of the molecule is CC(C)CC(NC(=O)c1cc(Cl)cn1C1CC1)C(=O)O. The number of rotatable bonds is 6. The summed E-state index contributed by atoms with van der Waals surface area (Å²) in [5.74, 6) is -1.20. The number of aliphatic carboxylic acids is 1. The van der Waals surface area contributed by atoms with E-state index in [-0.39, 0.29) is 11.8 Å². The Hall–Kier alpha value is -1.49. The molecule has 1 unspecified atom stereocenters. The van der Waals surface area contributed by atoms with Gasteiger partial charge >= 0.3 is 5.97 Å². The lowest BCUT2D eigenvalue weighted by Crippen LogP contribution is -2.42. The first-order valence-corrected chi connectivity index (χ1v) is 7.17. The third-order valence-electron chi connectivity index (χ3n) is 3.30. The summed E-state index contributed by atoms with van der Waals surface area (Å²) in [6.07, 6.45) is 4.19. The van der Waals surface area contributed by atoms with Gasteiger partial charge in [0.1, 0.15) is 11.7 Å². The zero-order chi connectivity index (χ0) is 14.9. The van der Waals surface area contributed by atoms with Crippen LogP contribution in [0.5, 0.6) is 0 Å². The number of carboxylic acids is 1. The van der Waals surface area contributed by atoms with Crippen LogP contribution in [0.1, 0.15) is 49.6 Å². The monoisotopic (exact) mass is 298 g/mol. The Balaban J connectivity index is 2.12. The Morgan fingerprint density at radius 2 is 2.15 bits per heavy atom. The molecule has 1 aliphatic carbocycles. The third-order valence-corrected chi connectivity index (χ3v) is 3.51. The number of carboxylic acid groups (broad SMARTS) is 1. The van der Waals surface area contributed by atoms with Crippen LogP contribution in [0.2, 0.25) is 5.02 Å². The minimum Gasteiger partial charge on any atom is -0.480 e. The van der Waals surface area contributed by atoms with E-state index in [1.165, 1.54) is 0 Å². The predicted molar refractivity (Wildman–Crippen MR) is 76.1 cm³/mol. The van der Waals surface area contributed by atoms with Gasteiger partial charge in [0.15, 0.2) is 0 Å². The molecule has 5 nitrogen and oxygen atoms in total. The van der Waals surface area contributed by atoms with E-state index in [4.69, 9.17) is 16.7 Å². The van der Waals surface area contributed by atoms with Crippen molar-refractivity contribution < 1.29 is 14.7 Å². The molecule has 1 aliphatic rings. The van der Waals surface area contributed by atoms with Crippen molar-refractivity contribution in [3.63, 3.8) is 0 Å². The fourth-order valence-corrected chi connectivity index (χ4v) is 2.42. The van der Waals surface area contributed by atoms with Crippen molar-refractivity contribution in [2.24, 2.45) is 5.92 Å². The molecular weight excluding hydrogens is 280 g/mol. The topological polar surface area (TPSA) is 71.3 Å². The maximum absolute atomic E-state index is 12.3. The van der Waals surface area contributed by atoms with Crippen molar-refractivity contribution in [1.29, 1.82) is 0 Å². The largest absolute Gasteiger partial charge is 0.480 e. The molecule has 0 saturated heterocycles. The fourth-order valence-electron chi connectivity index (χ4n) is 2.21. The van der Waals surface area contributed by atoms with Crippen molar-refractivity contribution in [3.8, 4) is 0 Å². The van der Waals surface area contributed by atoms with Crippen LogP contribution in [0.25, 0.3) is 0 Å². The Labute approximate surface area is 122 Å². The highest BCUT2D eigenvalue weighted by molar-refractivity contribution is 6.31. The van der Waals surface area contributed by atoms with Gasteiger partial charge in [-0.05, 0) is 31.2 Å². The zero-order valence-electron chi connectivity index (χ0n) is 11.6. The molecule has 2 rings (SSSR count). The quantitative estimate of drug-likeness (QED) is 0.848. The minimum atomic E-state index is -1.01. The summed E-state index contributed by atoms with van der Waals surface area (Å²) in [7, 11) is 0. The molecule has 1 saturated carbocycles. The van der Waals surface area contributed by atoms with E-state index in [1.54, 1.807) is 12.3 Å². The van der Waals surface area contributed by atoms with Crippen molar-refractivity contribution >= 4 is 23.5 Å². The molecular formula is C14H19ClN2O3. The summed E-state index contributed by atoms with van der Waals surface area (Å²) < 4.78 is 1.84. The average Bonchev–Trinajstić information content (AvgIpc) is 3.10. The second-order valence-corrected chi connectivity index (χ2v) is 6.11. The third kappa shape index (κ3) is 3.54. The number of hydrogen-bond donors (Lipinski definition) is 2. The first-order chi connectivity index (χ1) is 9.38. The van der Waals surface area contributed by atoms with Crippen LogP contribution in [0.4, 0.5) is 0 Å². The van der Waals surface area contributed by atoms with E-state index < -0.39 is 12.0 Å². The van der Waals surface area contributed by atoms with Crippen molar-refractivity contribution in [2.45, 2.75) is 45.2 Å². The maximum atomic E-state index is 12.3. The molecule has 0 aliphatic heterocycles. The van der Waals surface area contributed by atoms with Gasteiger partial charge < -0.3 is 15.0 Å². The highest BCUT2D eigenvalue weighted by Crippen LogP contribution is 2.37. The van der Waals surface area contributed by atoms with Gasteiger partial charge in [-0.2, -0.15) is 0 Å². The molecule has 1 fully saturated rings. The van der Waals surface area contributed by atoms with Crippen LogP contribution in [0.3, 0.4) is 0 Å². The molecule has 1 aromatic rings. The minimum absolute atomic E-state index is 0.190. The van der Waals surface area contributed by atoms with E-state index in [2.05, 4.69) is 5.32 Å². The number of hydrogen-bond acceptors (Lipinski definition) is 2. The Bertz CT molecular complexity index is 520. The Kier molecular flexibility index (Phi) is 4.38. The predicted octanol–water partition coefficient (Wildman–Crippen LogP) is 2.71. The number of nitrogens with one attached hydrogen (secondary N) is 1. The first kappa shape index (κ1) is 14.9. The summed E-state index contributed by atoms with van der Waals surface area (Å²) in [5.41, 5.74) is 0.438. The fraction of sp³-hybridized carbons (Fsp3) is 0.571. The Morgan fingerprint density at radius 1 is 1.50 bits per heavy atom. The van der Waals surface area contributed by atoms with E-state index >= 15 is 0 Å². The molecule has 0 aromatic carbocycles. The highest BCUT2D eigenvalue weighted by Gasteiger charge is 2.29. The van der Waals surface area contributed by atoms with Gasteiger partial charge in [-0.3, -0.25) is 4.79 Å². The second kappa shape index (κ2) is 5.87. The highest BCUT2D eigenvalue weighted by atomic mass is 35.5. The van der Waals surface area contributed by atoms with Crippen LogP contribution < -0.4 is 5.32 Å². The summed E-state index contributed by atoms with van der Waals surface area (Å²) in [4.78, 5) is 23.4. The molecule has 2 N–H and O–H groups in total. The van der Waals surface area contributed by atoms with E-state index in [9.17, 15) is 9.59 Å². The van der Waals surface area contributed by atoms with Crippen molar-refractivity contribution in [2.75, 3.05) is 0 Å². The molecule has 0 spiro atoms. The van der Waals surface area contributed by atoms with Crippen LogP contribution in [0, 0.1) is 5.92 Å². The number of nitrogens with zero attached hydrogens (tertiary/aromatic N) is 1. The van der Waals surface area contributed by atoms with Gasteiger partial charge in [0.05, 0.1) is 5.02 Å². The second-order valence-electron chi connectivity index (χ2n) is 5.68. The summed E-state index contributed by atoms with van der Waals surface area (Å²) >= 11 is 5.95. The van der Waals surface area contributed by atoms with Crippen molar-refractivity contribution in [1.82, 2.24) is 9.88 Å². The molecule has 1 atom stereocenters. The average molecular weight is 299 g/mol. The lowest BCUT2D eigenvalue weighted by molar-refractivity contribution is -0.139. The summed E-state index contributed by atoms with van der Waals surface area (Å²) in [5, 5.41) is 12.2. The van der Waals surface area contributed by atoms with E-state index in [0.29, 0.717) is 23.2 Å². The normalized spacial score (nSPS) is 16.2. The lowest BCUT2D eigenvalue weighted by atomic mass is 10.0. The molecule has 1 heterocycles. The lowest BCUT2D eigenvalue weighted by Gasteiger charge is -2.17. The number of aromatic nitrogens is 1. The maximum Gasteiger partial charge on any atom is 0.326 e. The van der Waals surface area contributed by atoms with Gasteiger partial charge in [0.25, 0.3) is 5.91 Å². The number of carbonyl (C=O) groups is 2. The van der Waals surface area contributed by atoms with Gasteiger partial charge in [-0.25, -0.2) is 4.79 Å². The number of halogens is 1. The molecule has 1 aromatic heterocycles. The van der Waals surface area contributed by atoms with Gasteiger partial charge in [0, 0.05) is 12.2 Å². The van der Waals surface area contributed by atoms with Crippen molar-refractivity contribution in [3.05, 3.63) is 23.0 Å². The molecule has 6 heteroatoms. The first-order valence-electron chi connectivity index (χ1n) is 6.79. The van der Waals surface area contributed by atoms with Crippen LogP contribution in [-0.4, -0.2) is 27.6 Å².